The lowest BCUT2D eigenvalue weighted by molar-refractivity contribution is 0.632. The van der Waals surface area contributed by atoms with E-state index in [0.717, 1.165) is 13.0 Å². The van der Waals surface area contributed by atoms with Gasteiger partial charge in [0.05, 0.1) is 12.0 Å². The number of hydrogen-bond acceptors (Lipinski definition) is 2. The number of nitrogens with zero attached hydrogens (tertiary/aromatic N) is 2. The second-order valence-electron chi connectivity index (χ2n) is 3.70. The number of rotatable bonds is 3. The van der Waals surface area contributed by atoms with Crippen LogP contribution in [0.15, 0.2) is 18.5 Å². The molecular weight excluding hydrogens is 174 g/mol. The van der Waals surface area contributed by atoms with Crippen LogP contribution in [-0.2, 0) is 19.4 Å². The minimum absolute atomic E-state index is 0.622. The molecule has 0 spiro atoms. The lowest BCUT2D eigenvalue weighted by atomic mass is 10.0. The Kier molecular flexibility index (Phi) is 2.99. The molecule has 0 aromatic carbocycles. The van der Waals surface area contributed by atoms with Gasteiger partial charge in [-0.25, -0.2) is 4.98 Å². The van der Waals surface area contributed by atoms with Crippen LogP contribution in [0.25, 0.3) is 0 Å². The Hall–Kier alpha value is -1.09. The van der Waals surface area contributed by atoms with Crippen molar-refractivity contribution < 1.29 is 0 Å². The van der Waals surface area contributed by atoms with E-state index in [2.05, 4.69) is 15.6 Å². The molecule has 0 fully saturated rings. The second-order valence-corrected chi connectivity index (χ2v) is 3.70. The summed E-state index contributed by atoms with van der Waals surface area (Å²) in [5.74, 6) is 0. The van der Waals surface area contributed by atoms with Gasteiger partial charge in [-0.15, -0.1) is 0 Å². The van der Waals surface area contributed by atoms with Gasteiger partial charge in [0.25, 0.3) is 0 Å². The van der Waals surface area contributed by atoms with Crippen LogP contribution in [0.3, 0.4) is 0 Å². The number of nitrogens with two attached hydrogens (primary N) is 1. The predicted molar refractivity (Wildman–Crippen MR) is 57.1 cm³/mol. The minimum Gasteiger partial charge on any atom is -0.331 e. The summed E-state index contributed by atoms with van der Waals surface area (Å²) < 4.78 is 2.24. The van der Waals surface area contributed by atoms with E-state index in [1.807, 2.05) is 12.4 Å². The Balaban J connectivity index is 2.10. The van der Waals surface area contributed by atoms with Gasteiger partial charge in [0.2, 0.25) is 0 Å². The van der Waals surface area contributed by atoms with Crippen molar-refractivity contribution in [1.82, 2.24) is 9.55 Å². The molecule has 3 heteroatoms. The zero-order chi connectivity index (χ0) is 9.80. The molecule has 0 unspecified atom stereocenters. The van der Waals surface area contributed by atoms with E-state index < -0.39 is 0 Å². The van der Waals surface area contributed by atoms with E-state index in [4.69, 9.17) is 5.73 Å². The summed E-state index contributed by atoms with van der Waals surface area (Å²) in [6, 6.07) is 0. The highest BCUT2D eigenvalue weighted by Gasteiger charge is 2.13. The molecule has 0 saturated carbocycles. The van der Waals surface area contributed by atoms with Crippen molar-refractivity contribution in [3.05, 3.63) is 29.9 Å². The van der Waals surface area contributed by atoms with E-state index in [1.165, 1.54) is 30.7 Å². The maximum absolute atomic E-state index is 5.39. The van der Waals surface area contributed by atoms with Crippen LogP contribution in [0, 0.1) is 0 Å². The number of aryl methyl sites for hydroxylation is 1. The Labute approximate surface area is 84.6 Å². The average molecular weight is 191 g/mol. The van der Waals surface area contributed by atoms with Crippen molar-refractivity contribution in [3.8, 4) is 0 Å². The molecule has 0 radical (unpaired) electrons. The number of imidazole rings is 1. The van der Waals surface area contributed by atoms with E-state index in [0.29, 0.717) is 6.54 Å². The number of allylic oxidation sites excluding steroid dienone is 1. The van der Waals surface area contributed by atoms with Crippen LogP contribution in [0.2, 0.25) is 0 Å². The SMILES string of the molecule is NC/C=C/Cn1cnc2c1CCCC2. The van der Waals surface area contributed by atoms with Crippen molar-refractivity contribution in [2.45, 2.75) is 32.2 Å². The molecule has 1 heterocycles. The van der Waals surface area contributed by atoms with Crippen molar-refractivity contribution in [1.29, 1.82) is 0 Å². The topological polar surface area (TPSA) is 43.8 Å². The third kappa shape index (κ3) is 1.87. The summed E-state index contributed by atoms with van der Waals surface area (Å²) >= 11 is 0. The van der Waals surface area contributed by atoms with Crippen LogP contribution >= 0.6 is 0 Å². The molecule has 0 saturated heterocycles. The van der Waals surface area contributed by atoms with Gasteiger partial charge in [0.1, 0.15) is 0 Å². The van der Waals surface area contributed by atoms with Gasteiger partial charge in [-0.05, 0) is 25.7 Å². The summed E-state index contributed by atoms with van der Waals surface area (Å²) in [5, 5.41) is 0. The fourth-order valence-electron chi connectivity index (χ4n) is 1.97. The summed E-state index contributed by atoms with van der Waals surface area (Å²) in [4.78, 5) is 4.43. The number of fused-ring (bicyclic) bond motifs is 1. The molecule has 0 bridgehead atoms. The first kappa shape index (κ1) is 9.46. The van der Waals surface area contributed by atoms with Gasteiger partial charge in [-0.1, -0.05) is 12.2 Å². The number of aromatic nitrogens is 2. The second kappa shape index (κ2) is 4.42. The van der Waals surface area contributed by atoms with Crippen molar-refractivity contribution in [3.63, 3.8) is 0 Å². The lowest BCUT2D eigenvalue weighted by Crippen LogP contribution is -2.07. The normalized spacial score (nSPS) is 16.1. The average Bonchev–Trinajstić information content (AvgIpc) is 2.63. The highest BCUT2D eigenvalue weighted by Crippen LogP contribution is 2.19. The van der Waals surface area contributed by atoms with Gasteiger partial charge in [0, 0.05) is 18.8 Å². The van der Waals surface area contributed by atoms with Crippen LogP contribution in [0.1, 0.15) is 24.2 Å². The van der Waals surface area contributed by atoms with Gasteiger partial charge in [0.15, 0.2) is 0 Å². The summed E-state index contributed by atoms with van der Waals surface area (Å²) in [6.45, 7) is 1.54. The third-order valence-electron chi connectivity index (χ3n) is 2.71. The van der Waals surface area contributed by atoms with E-state index in [1.54, 1.807) is 0 Å². The first-order valence-corrected chi connectivity index (χ1v) is 5.30. The minimum atomic E-state index is 0.622. The highest BCUT2D eigenvalue weighted by molar-refractivity contribution is 5.16. The fourth-order valence-corrected chi connectivity index (χ4v) is 1.97. The maximum atomic E-state index is 5.39. The van der Waals surface area contributed by atoms with Gasteiger partial charge >= 0.3 is 0 Å². The lowest BCUT2D eigenvalue weighted by Gasteiger charge is -2.12. The molecule has 3 nitrogen and oxygen atoms in total. The summed E-state index contributed by atoms with van der Waals surface area (Å²) in [5.41, 5.74) is 8.13. The molecule has 0 amide bonds. The summed E-state index contributed by atoms with van der Waals surface area (Å²) in [6.07, 6.45) is 11.0. The van der Waals surface area contributed by atoms with Gasteiger partial charge in [-0.3, -0.25) is 0 Å². The monoisotopic (exact) mass is 191 g/mol. The molecule has 1 aliphatic carbocycles. The first-order chi connectivity index (χ1) is 6.92. The predicted octanol–water partition coefficient (Wildman–Crippen LogP) is 1.28. The Morgan fingerprint density at radius 2 is 2.21 bits per heavy atom. The van der Waals surface area contributed by atoms with Gasteiger partial charge in [-0.2, -0.15) is 0 Å². The molecular formula is C11H17N3. The zero-order valence-corrected chi connectivity index (χ0v) is 8.45. The van der Waals surface area contributed by atoms with Crippen LogP contribution in [0.5, 0.6) is 0 Å². The summed E-state index contributed by atoms with van der Waals surface area (Å²) in [7, 11) is 0. The van der Waals surface area contributed by atoms with Gasteiger partial charge < -0.3 is 10.3 Å². The molecule has 1 aromatic rings. The third-order valence-corrected chi connectivity index (χ3v) is 2.71. The largest absolute Gasteiger partial charge is 0.331 e. The molecule has 1 aromatic heterocycles. The molecule has 2 N–H and O–H groups in total. The zero-order valence-electron chi connectivity index (χ0n) is 8.45. The smallest absolute Gasteiger partial charge is 0.0954 e. The quantitative estimate of drug-likeness (QED) is 0.731. The van der Waals surface area contributed by atoms with E-state index in [-0.39, 0.29) is 0 Å². The van der Waals surface area contributed by atoms with Crippen LogP contribution in [-0.4, -0.2) is 16.1 Å². The van der Waals surface area contributed by atoms with Crippen LogP contribution in [0.4, 0.5) is 0 Å². The van der Waals surface area contributed by atoms with E-state index >= 15 is 0 Å². The molecule has 1 aliphatic rings. The number of hydrogen-bond donors (Lipinski definition) is 1. The highest BCUT2D eigenvalue weighted by atomic mass is 15.1. The molecule has 0 atom stereocenters. The maximum Gasteiger partial charge on any atom is 0.0954 e. The Morgan fingerprint density at radius 1 is 1.36 bits per heavy atom. The Morgan fingerprint density at radius 3 is 3.07 bits per heavy atom. The van der Waals surface area contributed by atoms with Crippen LogP contribution < -0.4 is 5.73 Å². The Bertz CT molecular complexity index is 325. The molecule has 0 aliphatic heterocycles. The van der Waals surface area contributed by atoms with Crippen molar-refractivity contribution in [2.24, 2.45) is 5.73 Å². The molecule has 14 heavy (non-hydrogen) atoms. The fraction of sp³-hybridized carbons (Fsp3) is 0.545. The standard InChI is InChI=1S/C11H17N3/c12-7-3-4-8-14-9-13-10-5-1-2-6-11(10)14/h3-4,9H,1-2,5-8,12H2/b4-3+. The first-order valence-electron chi connectivity index (χ1n) is 5.30. The molecule has 2 rings (SSSR count). The van der Waals surface area contributed by atoms with Crippen molar-refractivity contribution >= 4 is 0 Å². The molecule has 76 valence electrons. The van der Waals surface area contributed by atoms with Crippen molar-refractivity contribution in [2.75, 3.05) is 6.54 Å². The van der Waals surface area contributed by atoms with E-state index in [9.17, 15) is 0 Å².